The molecule has 110 valence electrons. The second-order valence-electron chi connectivity index (χ2n) is 5.30. The third-order valence-electron chi connectivity index (χ3n) is 3.80. The van der Waals surface area contributed by atoms with Gasteiger partial charge in [-0.05, 0) is 31.2 Å². The second-order valence-corrected chi connectivity index (χ2v) is 5.66. The lowest BCUT2D eigenvalue weighted by molar-refractivity contribution is 0.397. The monoisotopic (exact) mass is 303 g/mol. The molecule has 1 aliphatic carbocycles. The van der Waals surface area contributed by atoms with Crippen LogP contribution in [0.2, 0.25) is 5.15 Å². The summed E-state index contributed by atoms with van der Waals surface area (Å²) in [7, 11) is 1.61. The lowest BCUT2D eigenvalue weighted by Gasteiger charge is -2.09. The second kappa shape index (κ2) is 6.39. The van der Waals surface area contributed by atoms with Crippen LogP contribution in [0.15, 0.2) is 18.3 Å². The first-order valence-electron chi connectivity index (χ1n) is 7.29. The number of halogens is 1. The van der Waals surface area contributed by atoms with E-state index in [-0.39, 0.29) is 0 Å². The maximum atomic E-state index is 6.35. The van der Waals surface area contributed by atoms with Gasteiger partial charge < -0.3 is 4.74 Å². The molecular formula is C16H18ClN3O. The fourth-order valence-corrected chi connectivity index (χ4v) is 2.97. The van der Waals surface area contributed by atoms with Crippen LogP contribution in [0, 0.1) is 0 Å². The molecule has 0 spiro atoms. The standard InChI is InChI=1S/C16H18ClN3O/c1-21-15-8-7-11(10-18-15)9-14-19-13-6-4-2-3-5-12(13)16(17)20-14/h7-8,10H,2-6,9H2,1H3. The number of hydrogen-bond acceptors (Lipinski definition) is 4. The third kappa shape index (κ3) is 3.32. The van der Waals surface area contributed by atoms with Crippen molar-refractivity contribution in [2.75, 3.05) is 7.11 Å². The van der Waals surface area contributed by atoms with Gasteiger partial charge in [-0.25, -0.2) is 15.0 Å². The van der Waals surface area contributed by atoms with Crippen LogP contribution in [0.25, 0.3) is 0 Å². The highest BCUT2D eigenvalue weighted by atomic mass is 35.5. The quantitative estimate of drug-likeness (QED) is 0.644. The van der Waals surface area contributed by atoms with Gasteiger partial charge in [0.1, 0.15) is 11.0 Å². The molecule has 1 aliphatic rings. The molecule has 2 aromatic heterocycles. The van der Waals surface area contributed by atoms with Gasteiger partial charge in [-0.3, -0.25) is 0 Å². The topological polar surface area (TPSA) is 47.9 Å². The summed E-state index contributed by atoms with van der Waals surface area (Å²) in [5.74, 6) is 1.38. The van der Waals surface area contributed by atoms with Crippen molar-refractivity contribution in [1.29, 1.82) is 0 Å². The number of nitrogens with zero attached hydrogens (tertiary/aromatic N) is 3. The minimum Gasteiger partial charge on any atom is -0.481 e. The minimum absolute atomic E-state index is 0.611. The Morgan fingerprint density at radius 1 is 1.14 bits per heavy atom. The zero-order valence-electron chi connectivity index (χ0n) is 12.1. The highest BCUT2D eigenvalue weighted by Crippen LogP contribution is 2.25. The highest BCUT2D eigenvalue weighted by Gasteiger charge is 2.15. The van der Waals surface area contributed by atoms with Crippen molar-refractivity contribution < 1.29 is 4.74 Å². The van der Waals surface area contributed by atoms with Crippen LogP contribution in [0.5, 0.6) is 5.88 Å². The molecule has 0 radical (unpaired) electrons. The number of pyridine rings is 1. The largest absolute Gasteiger partial charge is 0.481 e. The molecule has 2 heterocycles. The number of hydrogen-bond donors (Lipinski definition) is 0. The van der Waals surface area contributed by atoms with Gasteiger partial charge in [-0.2, -0.15) is 0 Å². The van der Waals surface area contributed by atoms with Crippen molar-refractivity contribution in [3.05, 3.63) is 46.1 Å². The van der Waals surface area contributed by atoms with Crippen molar-refractivity contribution in [3.8, 4) is 5.88 Å². The summed E-state index contributed by atoms with van der Waals surface area (Å²) in [6, 6.07) is 3.83. The van der Waals surface area contributed by atoms with Crippen molar-refractivity contribution in [2.45, 2.75) is 38.5 Å². The van der Waals surface area contributed by atoms with Crippen LogP contribution >= 0.6 is 11.6 Å². The van der Waals surface area contributed by atoms with E-state index in [4.69, 9.17) is 21.3 Å². The van der Waals surface area contributed by atoms with E-state index < -0.39 is 0 Å². The summed E-state index contributed by atoms with van der Waals surface area (Å²) >= 11 is 6.35. The molecule has 0 saturated carbocycles. The molecule has 0 fully saturated rings. The lowest BCUT2D eigenvalue weighted by atomic mass is 10.1. The van der Waals surface area contributed by atoms with Crippen molar-refractivity contribution in [3.63, 3.8) is 0 Å². The molecule has 5 heteroatoms. The Kier molecular flexibility index (Phi) is 4.34. The molecular weight excluding hydrogens is 286 g/mol. The first-order chi connectivity index (χ1) is 10.3. The van der Waals surface area contributed by atoms with E-state index in [1.165, 1.54) is 19.3 Å². The van der Waals surface area contributed by atoms with Gasteiger partial charge in [0.2, 0.25) is 5.88 Å². The third-order valence-corrected chi connectivity index (χ3v) is 4.11. The number of ether oxygens (including phenoxy) is 1. The Morgan fingerprint density at radius 2 is 2.00 bits per heavy atom. The molecule has 21 heavy (non-hydrogen) atoms. The molecule has 0 unspecified atom stereocenters. The number of fused-ring (bicyclic) bond motifs is 1. The van der Waals surface area contributed by atoms with Gasteiger partial charge in [0.15, 0.2) is 0 Å². The Balaban J connectivity index is 1.85. The zero-order valence-corrected chi connectivity index (χ0v) is 12.9. The number of aromatic nitrogens is 3. The van der Waals surface area contributed by atoms with Crippen LogP contribution in [-0.4, -0.2) is 22.1 Å². The lowest BCUT2D eigenvalue weighted by Crippen LogP contribution is -2.05. The summed E-state index contributed by atoms with van der Waals surface area (Å²) in [5, 5.41) is 0.623. The van der Waals surface area contributed by atoms with Gasteiger partial charge in [0.25, 0.3) is 0 Å². The molecule has 0 N–H and O–H groups in total. The molecule has 0 atom stereocenters. The predicted molar refractivity (Wildman–Crippen MR) is 81.9 cm³/mol. The van der Waals surface area contributed by atoms with Gasteiger partial charge in [0, 0.05) is 29.9 Å². The summed E-state index contributed by atoms with van der Waals surface area (Å²) in [6.45, 7) is 0. The molecule has 0 bridgehead atoms. The predicted octanol–water partition coefficient (Wildman–Crippen LogP) is 3.39. The SMILES string of the molecule is COc1ccc(Cc2nc(Cl)c3c(n2)CCCCC3)cn1. The fourth-order valence-electron chi connectivity index (χ4n) is 2.67. The molecule has 0 amide bonds. The van der Waals surface area contributed by atoms with E-state index in [1.807, 2.05) is 12.1 Å². The Bertz CT molecular complexity index is 628. The average Bonchev–Trinajstić information content (AvgIpc) is 2.74. The normalized spacial score (nSPS) is 14.4. The van der Waals surface area contributed by atoms with Crippen LogP contribution in [-0.2, 0) is 19.3 Å². The molecule has 0 aromatic carbocycles. The van der Waals surface area contributed by atoms with Gasteiger partial charge >= 0.3 is 0 Å². The highest BCUT2D eigenvalue weighted by molar-refractivity contribution is 6.30. The smallest absolute Gasteiger partial charge is 0.212 e. The number of aryl methyl sites for hydroxylation is 1. The van der Waals surface area contributed by atoms with Crippen LogP contribution in [0.3, 0.4) is 0 Å². The molecule has 0 aliphatic heterocycles. The Morgan fingerprint density at radius 3 is 2.76 bits per heavy atom. The van der Waals surface area contributed by atoms with Gasteiger partial charge in [-0.15, -0.1) is 0 Å². The Labute approximate surface area is 129 Å². The summed E-state index contributed by atoms with van der Waals surface area (Å²) in [6.07, 6.45) is 8.04. The number of rotatable bonds is 3. The fraction of sp³-hybridized carbons (Fsp3) is 0.438. The van der Waals surface area contributed by atoms with E-state index in [9.17, 15) is 0 Å². The first-order valence-corrected chi connectivity index (χ1v) is 7.67. The molecule has 3 rings (SSSR count). The maximum absolute atomic E-state index is 6.35. The summed E-state index contributed by atoms with van der Waals surface area (Å²) < 4.78 is 5.06. The van der Waals surface area contributed by atoms with Crippen LogP contribution in [0.4, 0.5) is 0 Å². The van der Waals surface area contributed by atoms with Crippen molar-refractivity contribution in [1.82, 2.24) is 15.0 Å². The van der Waals surface area contributed by atoms with Crippen LogP contribution in [0.1, 0.15) is 41.9 Å². The Hall–Kier alpha value is -1.68. The summed E-state index contributed by atoms with van der Waals surface area (Å²) in [4.78, 5) is 13.4. The maximum Gasteiger partial charge on any atom is 0.212 e. The van der Waals surface area contributed by atoms with E-state index in [2.05, 4.69) is 9.97 Å². The molecule has 2 aromatic rings. The summed E-state index contributed by atoms with van der Waals surface area (Å²) in [5.41, 5.74) is 3.33. The van der Waals surface area contributed by atoms with E-state index >= 15 is 0 Å². The van der Waals surface area contributed by atoms with E-state index in [0.29, 0.717) is 17.5 Å². The first kappa shape index (κ1) is 14.3. The molecule has 4 nitrogen and oxygen atoms in total. The van der Waals surface area contributed by atoms with Crippen molar-refractivity contribution >= 4 is 11.6 Å². The zero-order chi connectivity index (χ0) is 14.7. The molecule has 0 saturated heterocycles. The van der Waals surface area contributed by atoms with Crippen molar-refractivity contribution in [2.24, 2.45) is 0 Å². The van der Waals surface area contributed by atoms with Crippen LogP contribution < -0.4 is 4.74 Å². The van der Waals surface area contributed by atoms with E-state index in [0.717, 1.165) is 35.5 Å². The van der Waals surface area contributed by atoms with E-state index in [1.54, 1.807) is 13.3 Å². The minimum atomic E-state index is 0.611. The van der Waals surface area contributed by atoms with Gasteiger partial charge in [-0.1, -0.05) is 24.1 Å². The number of methoxy groups -OCH3 is 1. The van der Waals surface area contributed by atoms with Gasteiger partial charge in [0.05, 0.1) is 7.11 Å². The average molecular weight is 304 g/mol.